The van der Waals surface area contributed by atoms with Crippen LogP contribution in [-0.4, -0.2) is 45.6 Å². The van der Waals surface area contributed by atoms with Gasteiger partial charge in [0.2, 0.25) is 0 Å². The number of aromatic amines is 1. The van der Waals surface area contributed by atoms with Crippen molar-refractivity contribution in [1.82, 2.24) is 9.88 Å². The third-order valence-electron chi connectivity index (χ3n) is 3.62. The fourth-order valence-corrected chi connectivity index (χ4v) is 3.77. The van der Waals surface area contributed by atoms with Gasteiger partial charge in [0.05, 0.1) is 0 Å². The number of carbonyl (C=O) groups is 1. The molecule has 1 saturated heterocycles. The van der Waals surface area contributed by atoms with Crippen LogP contribution in [0.5, 0.6) is 0 Å². The van der Waals surface area contributed by atoms with E-state index in [9.17, 15) is 9.90 Å². The summed E-state index contributed by atoms with van der Waals surface area (Å²) in [4.78, 5) is 16.9. The number of hydrogen-bond acceptors (Lipinski definition) is 3. The number of carboxylic acid groups (broad SMARTS) is 1. The minimum absolute atomic E-state index is 0.592. The number of fused-ring (bicyclic) bond motifs is 1. The summed E-state index contributed by atoms with van der Waals surface area (Å²) in [5.41, 5.74) is 1.70. The summed E-state index contributed by atoms with van der Waals surface area (Å²) in [5, 5.41) is 11.2. The fourth-order valence-electron chi connectivity index (χ4n) is 2.67. The van der Waals surface area contributed by atoms with Crippen molar-refractivity contribution in [1.29, 1.82) is 0 Å². The van der Waals surface area contributed by atoms with E-state index in [1.165, 1.54) is 0 Å². The molecule has 1 atom stereocenters. The van der Waals surface area contributed by atoms with Gasteiger partial charge in [-0.3, -0.25) is 9.69 Å². The molecule has 1 fully saturated rings. The molecule has 1 aliphatic rings. The van der Waals surface area contributed by atoms with Crippen molar-refractivity contribution in [2.75, 3.05) is 24.6 Å². The minimum atomic E-state index is -0.798. The van der Waals surface area contributed by atoms with Gasteiger partial charge in [0, 0.05) is 52.3 Å². The Kier molecular flexibility index (Phi) is 3.92. The maximum Gasteiger partial charge on any atom is 0.325 e. The maximum absolute atomic E-state index is 11.7. The molecule has 2 aromatic rings. The monoisotopic (exact) mass is 310 g/mol. The first-order valence-corrected chi connectivity index (χ1v) is 8.01. The summed E-state index contributed by atoms with van der Waals surface area (Å²) in [6, 6.07) is 4.92. The van der Waals surface area contributed by atoms with Crippen molar-refractivity contribution >= 4 is 40.2 Å². The van der Waals surface area contributed by atoms with Crippen molar-refractivity contribution in [2.45, 2.75) is 6.04 Å². The second kappa shape index (κ2) is 5.68. The van der Waals surface area contributed by atoms with E-state index < -0.39 is 12.0 Å². The Morgan fingerprint density at radius 2 is 2.15 bits per heavy atom. The second-order valence-electron chi connectivity index (χ2n) is 4.82. The molecule has 20 heavy (non-hydrogen) atoms. The number of halogens is 1. The normalized spacial score (nSPS) is 18.2. The molecule has 1 aliphatic heterocycles. The van der Waals surface area contributed by atoms with Gasteiger partial charge in [-0.15, -0.1) is 0 Å². The topological polar surface area (TPSA) is 56.3 Å². The third kappa shape index (κ3) is 2.53. The first-order chi connectivity index (χ1) is 9.66. The van der Waals surface area contributed by atoms with Crippen LogP contribution >= 0.6 is 23.4 Å². The lowest BCUT2D eigenvalue weighted by Crippen LogP contribution is -2.39. The van der Waals surface area contributed by atoms with Crippen LogP contribution < -0.4 is 0 Å². The van der Waals surface area contributed by atoms with Gasteiger partial charge in [0.25, 0.3) is 0 Å². The first kappa shape index (κ1) is 13.8. The molecule has 2 heterocycles. The molecule has 1 aromatic carbocycles. The molecule has 0 radical (unpaired) electrons. The Morgan fingerprint density at radius 1 is 1.40 bits per heavy atom. The van der Waals surface area contributed by atoms with Crippen molar-refractivity contribution in [3.63, 3.8) is 0 Å². The number of benzene rings is 1. The molecule has 0 spiro atoms. The lowest BCUT2D eigenvalue weighted by Gasteiger charge is -2.31. The molecule has 6 heteroatoms. The second-order valence-corrected chi connectivity index (χ2v) is 6.48. The number of aliphatic carboxylic acids is 1. The summed E-state index contributed by atoms with van der Waals surface area (Å²) in [5.74, 6) is 1.17. The summed E-state index contributed by atoms with van der Waals surface area (Å²) in [6.45, 7) is 1.61. The molecule has 0 amide bonds. The third-order valence-corrected chi connectivity index (χ3v) is 4.79. The van der Waals surface area contributed by atoms with E-state index in [-0.39, 0.29) is 0 Å². The van der Waals surface area contributed by atoms with Crippen LogP contribution in [0.2, 0.25) is 5.02 Å². The number of hydrogen-bond donors (Lipinski definition) is 2. The van der Waals surface area contributed by atoms with Crippen LogP contribution in [0.1, 0.15) is 11.6 Å². The standard InChI is InChI=1S/C14H15ClN2O2S/c15-9-1-2-10-11(8-16-12(10)7-9)13(14(18)19)17-3-5-20-6-4-17/h1-2,7-8,13,16H,3-6H2,(H,18,19)/t13-/m0/s1. The van der Waals surface area contributed by atoms with Crippen LogP contribution in [0.15, 0.2) is 24.4 Å². The largest absolute Gasteiger partial charge is 0.480 e. The van der Waals surface area contributed by atoms with E-state index in [0.29, 0.717) is 5.02 Å². The van der Waals surface area contributed by atoms with Crippen LogP contribution in [0.25, 0.3) is 10.9 Å². The highest BCUT2D eigenvalue weighted by atomic mass is 35.5. The fraction of sp³-hybridized carbons (Fsp3) is 0.357. The number of thioether (sulfide) groups is 1. The van der Waals surface area contributed by atoms with Gasteiger partial charge in [0.1, 0.15) is 6.04 Å². The smallest absolute Gasteiger partial charge is 0.325 e. The summed E-state index contributed by atoms with van der Waals surface area (Å²) >= 11 is 7.84. The van der Waals surface area contributed by atoms with Gasteiger partial charge in [0.15, 0.2) is 0 Å². The highest BCUT2D eigenvalue weighted by Crippen LogP contribution is 2.31. The minimum Gasteiger partial charge on any atom is -0.480 e. The van der Waals surface area contributed by atoms with E-state index in [2.05, 4.69) is 4.98 Å². The molecular formula is C14H15ClN2O2S. The van der Waals surface area contributed by atoms with Gasteiger partial charge < -0.3 is 10.1 Å². The lowest BCUT2D eigenvalue weighted by molar-refractivity contribution is -0.143. The van der Waals surface area contributed by atoms with Gasteiger partial charge in [-0.1, -0.05) is 17.7 Å². The molecule has 3 rings (SSSR count). The Balaban J connectivity index is 2.02. The summed E-state index contributed by atoms with van der Waals surface area (Å²) in [6.07, 6.45) is 1.79. The molecule has 0 unspecified atom stereocenters. The van der Waals surface area contributed by atoms with Gasteiger partial charge in [-0.2, -0.15) is 11.8 Å². The quantitative estimate of drug-likeness (QED) is 0.915. The SMILES string of the molecule is O=C(O)[C@H](c1c[nH]c2cc(Cl)ccc12)N1CCSCC1. The van der Waals surface area contributed by atoms with Crippen LogP contribution in [0.4, 0.5) is 0 Å². The van der Waals surface area contributed by atoms with Crippen molar-refractivity contribution < 1.29 is 9.90 Å². The predicted molar refractivity (Wildman–Crippen MR) is 82.6 cm³/mol. The Morgan fingerprint density at radius 3 is 2.85 bits per heavy atom. The number of nitrogens with zero attached hydrogens (tertiary/aromatic N) is 1. The Hall–Kier alpha value is -1.17. The first-order valence-electron chi connectivity index (χ1n) is 6.48. The number of nitrogens with one attached hydrogen (secondary N) is 1. The zero-order chi connectivity index (χ0) is 14.1. The summed E-state index contributed by atoms with van der Waals surface area (Å²) in [7, 11) is 0. The Labute approximate surface area is 126 Å². The van der Waals surface area contributed by atoms with E-state index in [4.69, 9.17) is 11.6 Å². The van der Waals surface area contributed by atoms with Crippen molar-refractivity contribution in [3.05, 3.63) is 35.0 Å². The molecule has 4 nitrogen and oxygen atoms in total. The number of H-pyrrole nitrogens is 1. The zero-order valence-electron chi connectivity index (χ0n) is 10.8. The highest BCUT2D eigenvalue weighted by Gasteiger charge is 2.30. The van der Waals surface area contributed by atoms with Crippen LogP contribution in [0, 0.1) is 0 Å². The highest BCUT2D eigenvalue weighted by molar-refractivity contribution is 7.99. The van der Waals surface area contributed by atoms with Crippen LogP contribution in [0.3, 0.4) is 0 Å². The zero-order valence-corrected chi connectivity index (χ0v) is 12.4. The van der Waals surface area contributed by atoms with E-state index in [0.717, 1.165) is 41.1 Å². The number of rotatable bonds is 3. The van der Waals surface area contributed by atoms with Crippen molar-refractivity contribution in [2.24, 2.45) is 0 Å². The average Bonchev–Trinajstić information content (AvgIpc) is 2.83. The molecule has 1 aromatic heterocycles. The molecule has 0 aliphatic carbocycles. The molecule has 106 valence electrons. The molecular weight excluding hydrogens is 296 g/mol. The van der Waals surface area contributed by atoms with Gasteiger partial charge >= 0.3 is 5.97 Å². The van der Waals surface area contributed by atoms with Crippen LogP contribution in [-0.2, 0) is 4.79 Å². The van der Waals surface area contributed by atoms with E-state index >= 15 is 0 Å². The predicted octanol–water partition coefficient (Wildman–Crippen LogP) is 3.00. The van der Waals surface area contributed by atoms with E-state index in [1.54, 1.807) is 12.3 Å². The van der Waals surface area contributed by atoms with Gasteiger partial charge in [-0.25, -0.2) is 0 Å². The number of aromatic nitrogens is 1. The maximum atomic E-state index is 11.7. The van der Waals surface area contributed by atoms with E-state index in [1.807, 2.05) is 28.8 Å². The summed E-state index contributed by atoms with van der Waals surface area (Å²) < 4.78 is 0. The number of carboxylic acids is 1. The Bertz CT molecular complexity index is 637. The van der Waals surface area contributed by atoms with Gasteiger partial charge in [-0.05, 0) is 12.1 Å². The van der Waals surface area contributed by atoms with Crippen molar-refractivity contribution in [3.8, 4) is 0 Å². The molecule has 0 saturated carbocycles. The molecule has 0 bridgehead atoms. The molecule has 2 N–H and O–H groups in total. The lowest BCUT2D eigenvalue weighted by atomic mass is 10.0. The average molecular weight is 311 g/mol.